The lowest BCUT2D eigenvalue weighted by Gasteiger charge is -2.12. The molecule has 2 rings (SSSR count). The molecule has 0 aliphatic carbocycles. The Morgan fingerprint density at radius 2 is 1.81 bits per heavy atom. The molecule has 2 aromatic rings. The Morgan fingerprint density at radius 1 is 1.05 bits per heavy atom. The van der Waals surface area contributed by atoms with Gasteiger partial charge in [-0.3, -0.25) is 0 Å². The Balaban J connectivity index is 0.00000220. The first-order chi connectivity index (χ1) is 9.70. The molecular weight excluding hydrogens is 329 g/mol. The summed E-state index contributed by atoms with van der Waals surface area (Å²) in [6.07, 6.45) is 0. The van der Waals surface area contributed by atoms with Crippen molar-refractivity contribution in [1.29, 1.82) is 0 Å². The van der Waals surface area contributed by atoms with Gasteiger partial charge in [0.05, 0.1) is 0 Å². The minimum absolute atomic E-state index is 0. The SMILES string of the molecule is CCNCc1ccccc1OCc1ccc(Cl)cc1Cl.Cl. The zero-order valence-corrected chi connectivity index (χ0v) is 14.1. The minimum Gasteiger partial charge on any atom is -0.489 e. The van der Waals surface area contributed by atoms with Crippen LogP contribution in [0.4, 0.5) is 0 Å². The van der Waals surface area contributed by atoms with Gasteiger partial charge in [-0.2, -0.15) is 0 Å². The molecule has 0 aliphatic rings. The molecule has 21 heavy (non-hydrogen) atoms. The highest BCUT2D eigenvalue weighted by atomic mass is 35.5. The molecule has 0 atom stereocenters. The maximum Gasteiger partial charge on any atom is 0.124 e. The van der Waals surface area contributed by atoms with Crippen LogP contribution in [0.15, 0.2) is 42.5 Å². The smallest absolute Gasteiger partial charge is 0.124 e. The Morgan fingerprint density at radius 3 is 2.52 bits per heavy atom. The first kappa shape index (κ1) is 18.1. The number of hydrogen-bond donors (Lipinski definition) is 1. The second kappa shape index (κ2) is 9.16. The van der Waals surface area contributed by atoms with Crippen LogP contribution in [0, 0.1) is 0 Å². The number of ether oxygens (including phenoxy) is 1. The van der Waals surface area contributed by atoms with Crippen LogP contribution in [-0.4, -0.2) is 6.54 Å². The molecule has 5 heteroatoms. The van der Waals surface area contributed by atoms with Gasteiger partial charge < -0.3 is 10.1 Å². The summed E-state index contributed by atoms with van der Waals surface area (Å²) in [5, 5.41) is 4.56. The largest absolute Gasteiger partial charge is 0.489 e. The summed E-state index contributed by atoms with van der Waals surface area (Å²) in [5.74, 6) is 0.875. The van der Waals surface area contributed by atoms with Crippen LogP contribution in [-0.2, 0) is 13.2 Å². The zero-order chi connectivity index (χ0) is 14.4. The van der Waals surface area contributed by atoms with Gasteiger partial charge in [-0.15, -0.1) is 12.4 Å². The molecule has 114 valence electrons. The van der Waals surface area contributed by atoms with Crippen molar-refractivity contribution in [3.63, 3.8) is 0 Å². The molecule has 0 bridgehead atoms. The molecule has 2 nitrogen and oxygen atoms in total. The first-order valence-electron chi connectivity index (χ1n) is 6.56. The van der Waals surface area contributed by atoms with E-state index in [1.807, 2.05) is 30.3 Å². The van der Waals surface area contributed by atoms with Crippen molar-refractivity contribution in [3.05, 3.63) is 63.6 Å². The maximum absolute atomic E-state index is 6.14. The molecular formula is C16H18Cl3NO. The number of nitrogens with one attached hydrogen (secondary N) is 1. The fourth-order valence-corrected chi connectivity index (χ4v) is 2.31. The Kier molecular flexibility index (Phi) is 7.91. The van der Waals surface area contributed by atoms with Crippen molar-refractivity contribution < 1.29 is 4.74 Å². The average Bonchev–Trinajstić information content (AvgIpc) is 2.45. The van der Waals surface area contributed by atoms with Crippen molar-refractivity contribution >= 4 is 35.6 Å². The van der Waals surface area contributed by atoms with E-state index in [1.54, 1.807) is 6.07 Å². The first-order valence-corrected chi connectivity index (χ1v) is 7.31. The highest BCUT2D eigenvalue weighted by Gasteiger charge is 2.05. The van der Waals surface area contributed by atoms with Crippen molar-refractivity contribution in [1.82, 2.24) is 5.32 Å². The summed E-state index contributed by atoms with van der Waals surface area (Å²) in [6, 6.07) is 13.4. The summed E-state index contributed by atoms with van der Waals surface area (Å²) >= 11 is 12.0. The van der Waals surface area contributed by atoms with Gasteiger partial charge >= 0.3 is 0 Å². The van der Waals surface area contributed by atoms with E-state index in [1.165, 1.54) is 0 Å². The van der Waals surface area contributed by atoms with Crippen LogP contribution in [0.5, 0.6) is 5.75 Å². The summed E-state index contributed by atoms with van der Waals surface area (Å²) in [6.45, 7) is 4.23. The highest BCUT2D eigenvalue weighted by molar-refractivity contribution is 6.35. The van der Waals surface area contributed by atoms with Crippen molar-refractivity contribution in [2.75, 3.05) is 6.54 Å². The third kappa shape index (κ3) is 5.40. The third-order valence-electron chi connectivity index (χ3n) is 2.94. The lowest BCUT2D eigenvalue weighted by Crippen LogP contribution is -2.12. The molecule has 0 saturated heterocycles. The molecule has 0 heterocycles. The van der Waals surface area contributed by atoms with Crippen molar-refractivity contribution in [3.8, 4) is 5.75 Å². The van der Waals surface area contributed by atoms with E-state index in [4.69, 9.17) is 27.9 Å². The van der Waals surface area contributed by atoms with Gasteiger partial charge in [0.15, 0.2) is 0 Å². The van der Waals surface area contributed by atoms with Gasteiger partial charge in [0.2, 0.25) is 0 Å². The lowest BCUT2D eigenvalue weighted by molar-refractivity contribution is 0.302. The molecule has 0 fully saturated rings. The van der Waals surface area contributed by atoms with Crippen molar-refractivity contribution in [2.24, 2.45) is 0 Å². The number of hydrogen-bond acceptors (Lipinski definition) is 2. The fraction of sp³-hybridized carbons (Fsp3) is 0.250. The van der Waals surface area contributed by atoms with E-state index in [-0.39, 0.29) is 12.4 Å². The number of halogens is 3. The van der Waals surface area contributed by atoms with E-state index in [0.29, 0.717) is 16.7 Å². The van der Waals surface area contributed by atoms with Gasteiger partial charge in [0.25, 0.3) is 0 Å². The van der Waals surface area contributed by atoms with Crippen molar-refractivity contribution in [2.45, 2.75) is 20.1 Å². The molecule has 0 aliphatic heterocycles. The lowest BCUT2D eigenvalue weighted by atomic mass is 10.2. The topological polar surface area (TPSA) is 21.3 Å². The molecule has 0 aromatic heterocycles. The van der Waals surface area contributed by atoms with E-state index < -0.39 is 0 Å². The van der Waals surface area contributed by atoms with Gasteiger partial charge in [-0.1, -0.05) is 54.4 Å². The number of benzene rings is 2. The quantitative estimate of drug-likeness (QED) is 0.785. The average molecular weight is 347 g/mol. The summed E-state index contributed by atoms with van der Waals surface area (Å²) in [5.41, 5.74) is 2.06. The molecule has 1 N–H and O–H groups in total. The maximum atomic E-state index is 6.14. The second-order valence-electron chi connectivity index (χ2n) is 4.41. The van der Waals surface area contributed by atoms with Gasteiger partial charge in [-0.05, 0) is 24.7 Å². The van der Waals surface area contributed by atoms with Crippen LogP contribution in [0.25, 0.3) is 0 Å². The standard InChI is InChI=1S/C16H17Cl2NO.ClH/c1-2-19-10-12-5-3-4-6-16(12)20-11-13-7-8-14(17)9-15(13)18;/h3-9,19H,2,10-11H2,1H3;1H. The van der Waals surface area contributed by atoms with Gasteiger partial charge in [-0.25, -0.2) is 0 Å². The highest BCUT2D eigenvalue weighted by Crippen LogP contribution is 2.24. The Bertz CT molecular complexity index is 575. The molecule has 2 aromatic carbocycles. The molecule has 0 saturated carbocycles. The van der Waals surface area contributed by atoms with E-state index in [2.05, 4.69) is 18.3 Å². The Labute approximate surface area is 141 Å². The van der Waals surface area contributed by atoms with Gasteiger partial charge in [0, 0.05) is 27.7 Å². The number of rotatable bonds is 6. The van der Waals surface area contributed by atoms with Crippen LogP contribution >= 0.6 is 35.6 Å². The monoisotopic (exact) mass is 345 g/mol. The molecule has 0 spiro atoms. The zero-order valence-electron chi connectivity index (χ0n) is 11.7. The summed E-state index contributed by atoms with van der Waals surface area (Å²) in [4.78, 5) is 0. The number of para-hydroxylation sites is 1. The second-order valence-corrected chi connectivity index (χ2v) is 5.26. The van der Waals surface area contributed by atoms with E-state index >= 15 is 0 Å². The summed E-state index contributed by atoms with van der Waals surface area (Å²) in [7, 11) is 0. The minimum atomic E-state index is 0. The Hall–Kier alpha value is -0.930. The molecule has 0 amide bonds. The fourth-order valence-electron chi connectivity index (χ4n) is 1.84. The van der Waals surface area contributed by atoms with Crippen LogP contribution in [0.1, 0.15) is 18.1 Å². The molecule has 0 radical (unpaired) electrons. The normalized spacial score (nSPS) is 10.0. The predicted molar refractivity (Wildman–Crippen MR) is 91.9 cm³/mol. The third-order valence-corrected chi connectivity index (χ3v) is 3.52. The predicted octanol–water partition coefficient (Wildman–Crippen LogP) is 5.10. The van der Waals surface area contributed by atoms with Crippen LogP contribution in [0.3, 0.4) is 0 Å². The molecule has 0 unspecified atom stereocenters. The van der Waals surface area contributed by atoms with Crippen LogP contribution in [0.2, 0.25) is 10.0 Å². The van der Waals surface area contributed by atoms with E-state index in [0.717, 1.165) is 30.0 Å². The van der Waals surface area contributed by atoms with Crippen LogP contribution < -0.4 is 10.1 Å². The van der Waals surface area contributed by atoms with Gasteiger partial charge in [0.1, 0.15) is 12.4 Å². The summed E-state index contributed by atoms with van der Waals surface area (Å²) < 4.78 is 5.87. The van der Waals surface area contributed by atoms with E-state index in [9.17, 15) is 0 Å².